The highest BCUT2D eigenvalue weighted by Gasteiger charge is 2.12. The Morgan fingerprint density at radius 2 is 1.71 bits per heavy atom. The minimum atomic E-state index is -0.272. The molecule has 0 saturated heterocycles. The van der Waals surface area contributed by atoms with Crippen LogP contribution in [0.4, 0.5) is 0 Å². The maximum atomic E-state index is 12.4. The fraction of sp³-hybridized carbons (Fsp3) is 0.0833. The number of carbonyl (C=O) groups is 1. The second-order valence-electron chi connectivity index (χ2n) is 6.85. The van der Waals surface area contributed by atoms with E-state index in [1.807, 2.05) is 48.5 Å². The summed E-state index contributed by atoms with van der Waals surface area (Å²) in [5, 5.41) is 3.47. The quantitative estimate of drug-likeness (QED) is 0.378. The van der Waals surface area contributed by atoms with Gasteiger partial charge in [0.15, 0.2) is 0 Å². The summed E-state index contributed by atoms with van der Waals surface area (Å²) < 4.78 is 5.20. The van der Waals surface area contributed by atoms with E-state index in [0.717, 1.165) is 34.0 Å². The van der Waals surface area contributed by atoms with Gasteiger partial charge in [0.1, 0.15) is 11.6 Å². The number of hydrogen-bond donors (Lipinski definition) is 2. The average Bonchev–Trinajstić information content (AvgIpc) is 3.30. The van der Waals surface area contributed by atoms with Gasteiger partial charge < -0.3 is 15.0 Å². The maximum Gasteiger partial charge on any atom is 0.253 e. The molecule has 1 heterocycles. The van der Waals surface area contributed by atoms with Crippen LogP contribution in [0.3, 0.4) is 0 Å². The predicted molar refractivity (Wildman–Crippen MR) is 124 cm³/mol. The van der Waals surface area contributed by atoms with Crippen molar-refractivity contribution in [2.75, 3.05) is 7.11 Å². The van der Waals surface area contributed by atoms with Crippen molar-refractivity contribution in [1.82, 2.24) is 15.3 Å². The van der Waals surface area contributed by atoms with Crippen molar-refractivity contribution in [3.63, 3.8) is 0 Å². The fourth-order valence-corrected chi connectivity index (χ4v) is 3.51. The Labute approximate surface area is 190 Å². The molecule has 1 amide bonds. The maximum absolute atomic E-state index is 12.4. The second kappa shape index (κ2) is 9.25. The molecule has 7 heteroatoms. The molecule has 4 aromatic rings. The van der Waals surface area contributed by atoms with Gasteiger partial charge in [-0.15, -0.1) is 0 Å². The monoisotopic (exact) mass is 451 g/mol. The number of amides is 1. The van der Waals surface area contributed by atoms with E-state index in [-0.39, 0.29) is 10.9 Å². The summed E-state index contributed by atoms with van der Waals surface area (Å²) in [6.45, 7) is 0.372. The number of aromatic nitrogens is 2. The zero-order valence-electron chi connectivity index (χ0n) is 16.7. The first-order valence-corrected chi connectivity index (χ1v) is 10.3. The number of hydrogen-bond acceptors (Lipinski definition) is 3. The lowest BCUT2D eigenvalue weighted by molar-refractivity contribution is 0.0951. The predicted octanol–water partition coefficient (Wildman–Crippen LogP) is 5.99. The van der Waals surface area contributed by atoms with Crippen LogP contribution in [0.15, 0.2) is 72.9 Å². The number of aromatic amines is 1. The molecule has 0 saturated carbocycles. The van der Waals surface area contributed by atoms with Crippen molar-refractivity contribution < 1.29 is 9.53 Å². The lowest BCUT2D eigenvalue weighted by atomic mass is 10.1. The Bertz CT molecular complexity index is 1200. The Balaban J connectivity index is 1.42. The first-order valence-electron chi connectivity index (χ1n) is 9.56. The standard InChI is InChI=1S/C24H19Cl2N3O2/c1-31-18-11-9-16(10-12-18)21-14-27-23(29-21)17-7-5-15(6-8-17)13-28-24(30)19-3-2-4-20(25)22(19)26/h2-12,14H,13H2,1H3,(H,27,29)(H,28,30). The molecule has 31 heavy (non-hydrogen) atoms. The van der Waals surface area contributed by atoms with Crippen molar-refractivity contribution in [2.24, 2.45) is 0 Å². The summed E-state index contributed by atoms with van der Waals surface area (Å²) in [5.41, 5.74) is 4.21. The van der Waals surface area contributed by atoms with E-state index in [4.69, 9.17) is 27.9 Å². The lowest BCUT2D eigenvalue weighted by Gasteiger charge is -2.08. The molecule has 0 fully saturated rings. The number of nitrogens with zero attached hydrogens (tertiary/aromatic N) is 1. The van der Waals surface area contributed by atoms with Crippen molar-refractivity contribution >= 4 is 29.1 Å². The van der Waals surface area contributed by atoms with Gasteiger partial charge in [0.05, 0.1) is 34.6 Å². The molecule has 4 rings (SSSR count). The second-order valence-corrected chi connectivity index (χ2v) is 7.64. The summed E-state index contributed by atoms with van der Waals surface area (Å²) in [4.78, 5) is 20.2. The molecule has 5 nitrogen and oxygen atoms in total. The van der Waals surface area contributed by atoms with E-state index in [0.29, 0.717) is 17.1 Å². The Morgan fingerprint density at radius 3 is 2.42 bits per heavy atom. The van der Waals surface area contributed by atoms with E-state index in [2.05, 4.69) is 15.3 Å². The highest BCUT2D eigenvalue weighted by Crippen LogP contribution is 2.26. The zero-order valence-corrected chi connectivity index (χ0v) is 18.2. The van der Waals surface area contributed by atoms with Crippen LogP contribution >= 0.6 is 23.2 Å². The number of imidazole rings is 1. The van der Waals surface area contributed by atoms with Crippen molar-refractivity contribution in [3.05, 3.63) is 94.1 Å². The SMILES string of the molecule is COc1ccc(-c2cnc(-c3ccc(CNC(=O)c4cccc(Cl)c4Cl)cc3)[nH]2)cc1. The van der Waals surface area contributed by atoms with Gasteiger partial charge in [0, 0.05) is 12.1 Å². The summed E-state index contributed by atoms with van der Waals surface area (Å²) in [6, 6.07) is 20.6. The minimum Gasteiger partial charge on any atom is -0.497 e. The fourth-order valence-electron chi connectivity index (χ4n) is 3.12. The van der Waals surface area contributed by atoms with Crippen LogP contribution in [0.5, 0.6) is 5.75 Å². The summed E-state index contributed by atoms with van der Waals surface area (Å²) >= 11 is 12.1. The van der Waals surface area contributed by atoms with Gasteiger partial charge in [-0.3, -0.25) is 4.79 Å². The Hall–Kier alpha value is -3.28. The van der Waals surface area contributed by atoms with Crippen LogP contribution in [0.25, 0.3) is 22.6 Å². The number of rotatable bonds is 6. The molecular formula is C24H19Cl2N3O2. The molecule has 1 aromatic heterocycles. The topological polar surface area (TPSA) is 67.0 Å². The highest BCUT2D eigenvalue weighted by atomic mass is 35.5. The van der Waals surface area contributed by atoms with Crippen LogP contribution in [0, 0.1) is 0 Å². The van der Waals surface area contributed by atoms with Gasteiger partial charge in [-0.05, 0) is 47.5 Å². The van der Waals surface area contributed by atoms with Gasteiger partial charge in [-0.2, -0.15) is 0 Å². The summed E-state index contributed by atoms with van der Waals surface area (Å²) in [5.74, 6) is 1.31. The molecule has 0 aliphatic carbocycles. The van der Waals surface area contributed by atoms with Crippen LogP contribution in [-0.4, -0.2) is 23.0 Å². The van der Waals surface area contributed by atoms with Gasteiger partial charge >= 0.3 is 0 Å². The number of methoxy groups -OCH3 is 1. The molecule has 0 aliphatic heterocycles. The molecule has 0 spiro atoms. The van der Waals surface area contributed by atoms with Gasteiger partial charge in [0.2, 0.25) is 0 Å². The van der Waals surface area contributed by atoms with E-state index in [1.54, 1.807) is 31.5 Å². The summed E-state index contributed by atoms with van der Waals surface area (Å²) in [6.07, 6.45) is 1.81. The molecule has 3 aromatic carbocycles. The minimum absolute atomic E-state index is 0.252. The van der Waals surface area contributed by atoms with E-state index < -0.39 is 0 Å². The molecule has 0 radical (unpaired) electrons. The molecule has 0 atom stereocenters. The van der Waals surface area contributed by atoms with Crippen LogP contribution in [-0.2, 0) is 6.54 Å². The third-order valence-electron chi connectivity index (χ3n) is 4.85. The first-order chi connectivity index (χ1) is 15.0. The third-order valence-corrected chi connectivity index (χ3v) is 5.67. The number of nitrogens with one attached hydrogen (secondary N) is 2. The van der Waals surface area contributed by atoms with Crippen LogP contribution in [0.2, 0.25) is 10.0 Å². The van der Waals surface area contributed by atoms with Gasteiger partial charge in [-0.25, -0.2) is 4.98 Å². The molecule has 0 aliphatic rings. The first kappa shape index (κ1) is 21.0. The Morgan fingerprint density at radius 1 is 1.00 bits per heavy atom. The average molecular weight is 452 g/mol. The normalized spacial score (nSPS) is 10.7. The number of ether oxygens (including phenoxy) is 1. The molecule has 2 N–H and O–H groups in total. The zero-order chi connectivity index (χ0) is 21.8. The largest absolute Gasteiger partial charge is 0.497 e. The molecule has 0 bridgehead atoms. The molecular weight excluding hydrogens is 433 g/mol. The smallest absolute Gasteiger partial charge is 0.253 e. The summed E-state index contributed by atoms with van der Waals surface area (Å²) in [7, 11) is 1.64. The van der Waals surface area contributed by atoms with Crippen molar-refractivity contribution in [1.29, 1.82) is 0 Å². The van der Waals surface area contributed by atoms with Crippen LogP contribution < -0.4 is 10.1 Å². The highest BCUT2D eigenvalue weighted by molar-refractivity contribution is 6.43. The Kier molecular flexibility index (Phi) is 6.26. The van der Waals surface area contributed by atoms with Crippen molar-refractivity contribution in [3.8, 4) is 28.4 Å². The van der Waals surface area contributed by atoms with E-state index >= 15 is 0 Å². The van der Waals surface area contributed by atoms with Crippen LogP contribution in [0.1, 0.15) is 15.9 Å². The number of carbonyl (C=O) groups excluding carboxylic acids is 1. The number of halogens is 2. The van der Waals surface area contributed by atoms with Gasteiger partial charge in [0.25, 0.3) is 5.91 Å². The number of benzene rings is 3. The van der Waals surface area contributed by atoms with E-state index in [9.17, 15) is 4.79 Å². The van der Waals surface area contributed by atoms with E-state index in [1.165, 1.54) is 0 Å². The molecule has 0 unspecified atom stereocenters. The lowest BCUT2D eigenvalue weighted by Crippen LogP contribution is -2.23. The number of H-pyrrole nitrogens is 1. The molecule has 156 valence electrons. The van der Waals surface area contributed by atoms with Crippen molar-refractivity contribution in [2.45, 2.75) is 6.54 Å². The third kappa shape index (κ3) is 4.74. The van der Waals surface area contributed by atoms with Gasteiger partial charge in [-0.1, -0.05) is 53.5 Å².